The lowest BCUT2D eigenvalue weighted by Gasteiger charge is -2.19. The second-order valence-corrected chi connectivity index (χ2v) is 7.58. The molecule has 1 rings (SSSR count). The van der Waals surface area contributed by atoms with Gasteiger partial charge in [-0.05, 0) is 13.8 Å². The Labute approximate surface area is 144 Å². The van der Waals surface area contributed by atoms with Gasteiger partial charge in [-0.3, -0.25) is 4.99 Å². The van der Waals surface area contributed by atoms with Crippen LogP contribution in [0.3, 0.4) is 0 Å². The Kier molecular flexibility index (Phi) is 6.21. The molecule has 26 heavy (non-hydrogen) atoms. The summed E-state index contributed by atoms with van der Waals surface area (Å²) < 4.78 is 106. The molecule has 0 saturated heterocycles. The molecule has 0 aliphatic carbocycles. The van der Waals surface area contributed by atoms with E-state index in [1.165, 1.54) is 13.8 Å². The number of hydrogen-bond acceptors (Lipinski definition) is 7. The van der Waals surface area contributed by atoms with Crippen LogP contribution in [0.4, 0.5) is 26.3 Å². The van der Waals surface area contributed by atoms with E-state index in [-0.39, 0.29) is 0 Å². The molecule has 2 N–H and O–H groups in total. The van der Waals surface area contributed by atoms with Gasteiger partial charge in [-0.15, -0.1) is 0 Å². The highest BCUT2D eigenvalue weighted by Gasteiger charge is 2.47. The van der Waals surface area contributed by atoms with Gasteiger partial charge in [0.2, 0.25) is 21.2 Å². The van der Waals surface area contributed by atoms with Crippen molar-refractivity contribution in [1.29, 1.82) is 0 Å². The van der Waals surface area contributed by atoms with E-state index in [1.807, 2.05) is 0 Å². The molecule has 0 aromatic rings. The maximum absolute atomic E-state index is 14.6. The van der Waals surface area contributed by atoms with E-state index in [0.29, 0.717) is 7.05 Å². The van der Waals surface area contributed by atoms with Gasteiger partial charge in [0.05, 0.1) is 5.57 Å². The van der Waals surface area contributed by atoms with Crippen LogP contribution in [0.15, 0.2) is 21.4 Å². The van der Waals surface area contributed by atoms with Crippen LogP contribution in [0.5, 0.6) is 0 Å². The first kappa shape index (κ1) is 22.1. The number of ether oxygens (including phenoxy) is 1. The van der Waals surface area contributed by atoms with Gasteiger partial charge in [0, 0.05) is 13.5 Å². The van der Waals surface area contributed by atoms with Gasteiger partial charge in [0.25, 0.3) is 0 Å². The van der Waals surface area contributed by atoms with Crippen LogP contribution in [0.1, 0.15) is 20.3 Å². The zero-order valence-corrected chi connectivity index (χ0v) is 14.5. The van der Waals surface area contributed by atoms with Crippen LogP contribution in [0.25, 0.3) is 0 Å². The summed E-state index contributed by atoms with van der Waals surface area (Å²) in [4.78, 5) is 7.69. The zero-order chi connectivity index (χ0) is 20.5. The third-order valence-electron chi connectivity index (χ3n) is 3.03. The Hall–Kier alpha value is -1.99. The average molecular weight is 411 g/mol. The lowest BCUT2D eigenvalue weighted by Crippen LogP contribution is -2.36. The summed E-state index contributed by atoms with van der Waals surface area (Å²) in [5.74, 6) is -1.61. The topological polar surface area (TPSA) is 103 Å². The number of hydrogen-bond donors (Lipinski definition) is 1. The van der Waals surface area contributed by atoms with E-state index in [9.17, 15) is 34.8 Å². The van der Waals surface area contributed by atoms with Crippen molar-refractivity contribution in [1.82, 2.24) is 0 Å². The van der Waals surface area contributed by atoms with Crippen LogP contribution in [0, 0.1) is 0 Å². The Bertz CT molecular complexity index is 743. The highest BCUT2D eigenvalue weighted by Crippen LogP contribution is 2.33. The van der Waals surface area contributed by atoms with E-state index < -0.39 is 62.4 Å². The molecule has 0 fully saturated rings. The summed E-state index contributed by atoms with van der Waals surface area (Å²) in [6, 6.07) is 0. The normalized spacial score (nSPS) is 20.4. The van der Waals surface area contributed by atoms with E-state index in [4.69, 9.17) is 10.6 Å². The SMILES string of the molecule is CN=C(OC(F)F)C(=C(N)C(F)(F)F)C(F)S(=O)(=O)C1=NOC(C)(C)C1. The monoisotopic (exact) mass is 411 g/mol. The Morgan fingerprint density at radius 2 is 1.88 bits per heavy atom. The standard InChI is InChI=1S/C12H15F6N3O4S/c1-11(2)4-5(21-25-11)26(22,23)8(13)6(7(19)12(16,17)18)9(20-3)24-10(14)15/h8,10H,4,19H2,1-3H3. The molecular weight excluding hydrogens is 396 g/mol. The van der Waals surface area contributed by atoms with Crippen molar-refractivity contribution in [3.8, 4) is 0 Å². The minimum atomic E-state index is -5.44. The number of rotatable bonds is 4. The quantitative estimate of drug-likeness (QED) is 0.434. The maximum atomic E-state index is 14.6. The Balaban J connectivity index is 3.49. The van der Waals surface area contributed by atoms with Crippen molar-refractivity contribution in [2.75, 3.05) is 7.05 Å². The molecule has 0 bridgehead atoms. The van der Waals surface area contributed by atoms with Crippen molar-refractivity contribution < 1.29 is 44.3 Å². The first-order valence-corrected chi connectivity index (χ1v) is 8.30. The van der Waals surface area contributed by atoms with Crippen molar-refractivity contribution in [3.63, 3.8) is 0 Å². The second-order valence-electron chi connectivity index (χ2n) is 5.61. The summed E-state index contributed by atoms with van der Waals surface area (Å²) in [6.45, 7) is -0.914. The van der Waals surface area contributed by atoms with Gasteiger partial charge >= 0.3 is 12.8 Å². The zero-order valence-electron chi connectivity index (χ0n) is 13.6. The third kappa shape index (κ3) is 4.80. The lowest BCUT2D eigenvalue weighted by atomic mass is 10.1. The number of nitrogens with zero attached hydrogens (tertiary/aromatic N) is 2. The van der Waals surface area contributed by atoms with Crippen LogP contribution < -0.4 is 5.73 Å². The molecule has 0 saturated carbocycles. The first-order chi connectivity index (χ1) is 11.6. The van der Waals surface area contributed by atoms with Crippen LogP contribution >= 0.6 is 0 Å². The van der Waals surface area contributed by atoms with Gasteiger partial charge < -0.3 is 15.3 Å². The van der Waals surface area contributed by atoms with E-state index >= 15 is 0 Å². The number of nitrogens with two attached hydrogens (primary N) is 1. The summed E-state index contributed by atoms with van der Waals surface area (Å²) in [6.07, 6.45) is -5.90. The number of halogens is 6. The summed E-state index contributed by atoms with van der Waals surface area (Å²) in [5, 5.41) is 2.24. The van der Waals surface area contributed by atoms with Gasteiger partial charge in [0.1, 0.15) is 11.3 Å². The van der Waals surface area contributed by atoms with Gasteiger partial charge in [-0.1, -0.05) is 5.16 Å². The minimum absolute atomic E-state index is 0.455. The molecule has 150 valence electrons. The number of aliphatic imine (C=N–C) groups is 1. The fourth-order valence-corrected chi connectivity index (χ4v) is 3.31. The average Bonchev–Trinajstić information content (AvgIpc) is 2.85. The molecule has 1 aliphatic rings. The maximum Gasteiger partial charge on any atom is 0.431 e. The first-order valence-electron chi connectivity index (χ1n) is 6.75. The Morgan fingerprint density at radius 1 is 1.35 bits per heavy atom. The van der Waals surface area contributed by atoms with Crippen molar-refractivity contribution in [2.24, 2.45) is 15.9 Å². The molecular formula is C12H15F6N3O4S. The third-order valence-corrected chi connectivity index (χ3v) is 4.69. The molecule has 0 spiro atoms. The van der Waals surface area contributed by atoms with Crippen molar-refractivity contribution in [3.05, 3.63) is 11.3 Å². The predicted molar refractivity (Wildman–Crippen MR) is 78.7 cm³/mol. The van der Waals surface area contributed by atoms with E-state index in [2.05, 4.69) is 14.9 Å². The van der Waals surface area contributed by atoms with Crippen molar-refractivity contribution >= 4 is 20.8 Å². The molecule has 0 aromatic heterocycles. The highest BCUT2D eigenvalue weighted by atomic mass is 32.2. The highest BCUT2D eigenvalue weighted by molar-refractivity contribution is 8.07. The molecule has 14 heteroatoms. The number of sulfone groups is 1. The van der Waals surface area contributed by atoms with Crippen LogP contribution in [-0.2, 0) is 19.4 Å². The van der Waals surface area contributed by atoms with Gasteiger partial charge in [-0.2, -0.15) is 22.0 Å². The molecule has 1 atom stereocenters. The smallest absolute Gasteiger partial charge is 0.417 e. The van der Waals surface area contributed by atoms with Crippen LogP contribution in [0.2, 0.25) is 0 Å². The van der Waals surface area contributed by atoms with E-state index in [0.717, 1.165) is 0 Å². The number of oxime groups is 1. The number of alkyl halides is 6. The second kappa shape index (κ2) is 7.32. The van der Waals surface area contributed by atoms with Crippen LogP contribution in [-0.4, -0.2) is 50.3 Å². The molecule has 7 nitrogen and oxygen atoms in total. The lowest BCUT2D eigenvalue weighted by molar-refractivity contribution is -0.0945. The molecule has 1 unspecified atom stereocenters. The molecule has 0 amide bonds. The summed E-state index contributed by atoms with van der Waals surface area (Å²) >= 11 is 0. The molecule has 0 radical (unpaired) electrons. The van der Waals surface area contributed by atoms with Crippen molar-refractivity contribution in [2.45, 2.75) is 44.2 Å². The summed E-state index contributed by atoms with van der Waals surface area (Å²) in [5.41, 5.74) is -4.08. The van der Waals surface area contributed by atoms with E-state index in [1.54, 1.807) is 0 Å². The van der Waals surface area contributed by atoms with Gasteiger partial charge in [-0.25, -0.2) is 12.8 Å². The fourth-order valence-electron chi connectivity index (χ4n) is 1.84. The molecule has 1 aliphatic heterocycles. The largest absolute Gasteiger partial charge is 0.431 e. The number of allylic oxidation sites excluding steroid dienone is 1. The predicted octanol–water partition coefficient (Wildman–Crippen LogP) is 2.25. The molecule has 0 aromatic carbocycles. The summed E-state index contributed by atoms with van der Waals surface area (Å²) in [7, 11) is -4.50. The Morgan fingerprint density at radius 3 is 2.23 bits per heavy atom. The molecule has 1 heterocycles. The van der Waals surface area contributed by atoms with Gasteiger partial charge in [0.15, 0.2) is 5.04 Å². The fraction of sp³-hybridized carbons (Fsp3) is 0.667. The minimum Gasteiger partial charge on any atom is -0.417 e.